The second-order valence-corrected chi connectivity index (χ2v) is 7.05. The molecule has 1 aliphatic rings. The first-order valence-electron chi connectivity index (χ1n) is 7.47. The Morgan fingerprint density at radius 1 is 1.20 bits per heavy atom. The molecule has 3 atom stereocenters. The van der Waals surface area contributed by atoms with E-state index in [1.807, 2.05) is 24.3 Å². The molecule has 4 heteroatoms. The van der Waals surface area contributed by atoms with Crippen molar-refractivity contribution in [1.82, 2.24) is 5.32 Å². The summed E-state index contributed by atoms with van der Waals surface area (Å²) in [5.41, 5.74) is 1.21. The zero-order valence-corrected chi connectivity index (χ0v) is 13.0. The fraction of sp³-hybridized carbons (Fsp3) is 0.625. The van der Waals surface area contributed by atoms with Gasteiger partial charge in [-0.2, -0.15) is 0 Å². The highest BCUT2D eigenvalue weighted by Crippen LogP contribution is 2.23. The molecule has 1 saturated carbocycles. The fourth-order valence-corrected chi connectivity index (χ4v) is 3.44. The van der Waals surface area contributed by atoms with E-state index in [2.05, 4.69) is 5.32 Å². The molecule has 0 amide bonds. The summed E-state index contributed by atoms with van der Waals surface area (Å²) in [5.74, 6) is 0.389. The highest BCUT2D eigenvalue weighted by atomic mass is 32.2. The number of nitrogens with one attached hydrogen (secondary N) is 1. The molecule has 1 aliphatic carbocycles. The Morgan fingerprint density at radius 3 is 2.55 bits per heavy atom. The Bertz CT molecular complexity index is 433. The van der Waals surface area contributed by atoms with Crippen LogP contribution in [0.15, 0.2) is 29.2 Å². The van der Waals surface area contributed by atoms with Crippen LogP contribution in [0.3, 0.4) is 0 Å². The molecule has 0 bridgehead atoms. The summed E-state index contributed by atoms with van der Waals surface area (Å²) in [6.07, 6.45) is 7.75. The van der Waals surface area contributed by atoms with Crippen LogP contribution < -0.4 is 5.32 Å². The van der Waals surface area contributed by atoms with Gasteiger partial charge >= 0.3 is 0 Å². The third kappa shape index (κ3) is 4.40. The van der Waals surface area contributed by atoms with Crippen LogP contribution in [0.4, 0.5) is 0 Å². The van der Waals surface area contributed by atoms with Crippen LogP contribution in [0, 0.1) is 5.92 Å². The van der Waals surface area contributed by atoms with Gasteiger partial charge < -0.3 is 10.4 Å². The second-order valence-electron chi connectivity index (χ2n) is 5.67. The van der Waals surface area contributed by atoms with Crippen molar-refractivity contribution in [1.29, 1.82) is 0 Å². The molecule has 3 nitrogen and oxygen atoms in total. The van der Waals surface area contributed by atoms with Gasteiger partial charge in [0, 0.05) is 41.1 Å². The van der Waals surface area contributed by atoms with Gasteiger partial charge in [-0.05, 0) is 36.5 Å². The third-order valence-electron chi connectivity index (χ3n) is 4.22. The lowest BCUT2D eigenvalue weighted by Crippen LogP contribution is -2.36. The molecule has 0 aliphatic heterocycles. The minimum absolute atomic E-state index is 0.283. The van der Waals surface area contributed by atoms with Crippen LogP contribution >= 0.6 is 0 Å². The van der Waals surface area contributed by atoms with Crippen molar-refractivity contribution < 1.29 is 9.32 Å². The molecule has 0 aromatic heterocycles. The van der Waals surface area contributed by atoms with Gasteiger partial charge in [0.05, 0.1) is 0 Å². The van der Waals surface area contributed by atoms with Crippen molar-refractivity contribution in [2.45, 2.75) is 49.6 Å². The zero-order chi connectivity index (χ0) is 14.4. The maximum Gasteiger partial charge on any atom is 0.0498 e. The fourth-order valence-electron chi connectivity index (χ4n) is 2.92. The van der Waals surface area contributed by atoms with Crippen LogP contribution in [0.2, 0.25) is 0 Å². The molecule has 20 heavy (non-hydrogen) atoms. The van der Waals surface area contributed by atoms with Crippen LogP contribution in [-0.4, -0.2) is 28.2 Å². The Morgan fingerprint density at radius 2 is 1.90 bits per heavy atom. The molecule has 1 aromatic carbocycles. The Hall–Kier alpha value is -0.710. The molecule has 0 radical (unpaired) electrons. The number of aliphatic hydroxyl groups is 1. The van der Waals surface area contributed by atoms with E-state index in [-0.39, 0.29) is 6.61 Å². The van der Waals surface area contributed by atoms with Gasteiger partial charge in [-0.25, -0.2) is 0 Å². The minimum Gasteiger partial charge on any atom is -0.396 e. The largest absolute Gasteiger partial charge is 0.396 e. The van der Waals surface area contributed by atoms with E-state index in [0.717, 1.165) is 24.3 Å². The van der Waals surface area contributed by atoms with E-state index >= 15 is 0 Å². The number of aliphatic hydroxyl groups excluding tert-OH is 1. The Labute approximate surface area is 124 Å². The molecule has 1 aromatic rings. The van der Waals surface area contributed by atoms with Crippen LogP contribution in [0.25, 0.3) is 0 Å². The summed E-state index contributed by atoms with van der Waals surface area (Å²) in [7, 11) is -0.908. The lowest BCUT2D eigenvalue weighted by atomic mass is 9.95. The van der Waals surface area contributed by atoms with Crippen molar-refractivity contribution in [3.63, 3.8) is 0 Å². The Balaban J connectivity index is 1.91. The molecule has 112 valence electrons. The van der Waals surface area contributed by atoms with Crippen molar-refractivity contribution in [3.8, 4) is 0 Å². The van der Waals surface area contributed by atoms with Crippen molar-refractivity contribution in [2.24, 2.45) is 5.92 Å². The van der Waals surface area contributed by atoms with E-state index in [4.69, 9.17) is 0 Å². The van der Waals surface area contributed by atoms with Crippen molar-refractivity contribution in [2.75, 3.05) is 12.9 Å². The number of hydrogen-bond donors (Lipinski definition) is 2. The summed E-state index contributed by atoms with van der Waals surface area (Å²) in [5, 5.41) is 13.1. The molecular formula is C16H25NO2S. The quantitative estimate of drug-likeness (QED) is 0.820. The number of rotatable bonds is 5. The van der Waals surface area contributed by atoms with Crippen LogP contribution in [0.1, 0.15) is 37.7 Å². The first-order chi connectivity index (χ1) is 9.70. The lowest BCUT2D eigenvalue weighted by Gasteiger charge is -2.24. The average molecular weight is 295 g/mol. The highest BCUT2D eigenvalue weighted by molar-refractivity contribution is 7.84. The summed E-state index contributed by atoms with van der Waals surface area (Å²) in [4.78, 5) is 0.872. The van der Waals surface area contributed by atoms with Gasteiger partial charge in [-0.1, -0.05) is 31.4 Å². The van der Waals surface area contributed by atoms with Gasteiger partial charge in [-0.3, -0.25) is 4.21 Å². The molecule has 2 N–H and O–H groups in total. The minimum atomic E-state index is -0.908. The van der Waals surface area contributed by atoms with E-state index < -0.39 is 10.8 Å². The van der Waals surface area contributed by atoms with Crippen LogP contribution in [-0.2, 0) is 17.3 Å². The lowest BCUT2D eigenvalue weighted by molar-refractivity contribution is 0.181. The van der Waals surface area contributed by atoms with Gasteiger partial charge in [0.1, 0.15) is 0 Å². The van der Waals surface area contributed by atoms with Crippen LogP contribution in [0.5, 0.6) is 0 Å². The van der Waals surface area contributed by atoms with Crippen molar-refractivity contribution in [3.05, 3.63) is 29.8 Å². The maximum atomic E-state index is 11.3. The summed E-state index contributed by atoms with van der Waals surface area (Å²) >= 11 is 0. The first-order valence-corrected chi connectivity index (χ1v) is 9.03. The summed E-state index contributed by atoms with van der Waals surface area (Å²) in [6, 6.07) is 8.36. The van der Waals surface area contributed by atoms with Gasteiger partial charge in [0.25, 0.3) is 0 Å². The van der Waals surface area contributed by atoms with E-state index in [9.17, 15) is 9.32 Å². The van der Waals surface area contributed by atoms with Crippen molar-refractivity contribution >= 4 is 10.8 Å². The highest BCUT2D eigenvalue weighted by Gasteiger charge is 2.22. The molecule has 3 unspecified atom stereocenters. The smallest absolute Gasteiger partial charge is 0.0498 e. The predicted octanol–water partition coefficient (Wildman–Crippen LogP) is 2.45. The monoisotopic (exact) mass is 295 g/mol. The molecule has 1 fully saturated rings. The molecule has 2 rings (SSSR count). The van der Waals surface area contributed by atoms with E-state index in [0.29, 0.717) is 12.0 Å². The molecule has 0 saturated heterocycles. The normalized spacial score (nSPS) is 25.1. The third-order valence-corrected chi connectivity index (χ3v) is 5.15. The molecular weight excluding hydrogens is 270 g/mol. The average Bonchev–Trinajstić information content (AvgIpc) is 2.70. The topological polar surface area (TPSA) is 49.3 Å². The zero-order valence-electron chi connectivity index (χ0n) is 12.2. The molecule has 0 spiro atoms. The standard InChI is InChI=1S/C16H25NO2S/c1-20(19)15-9-7-13(8-10-15)11-17-16-6-4-2-3-5-14(16)12-18/h7-10,14,16-18H,2-6,11-12H2,1H3. The second kappa shape index (κ2) is 7.91. The summed E-state index contributed by atoms with van der Waals surface area (Å²) < 4.78 is 11.3. The van der Waals surface area contributed by atoms with E-state index in [1.165, 1.54) is 24.8 Å². The number of benzene rings is 1. The van der Waals surface area contributed by atoms with Gasteiger partial charge in [0.15, 0.2) is 0 Å². The SMILES string of the molecule is CS(=O)c1ccc(CNC2CCCCCC2CO)cc1. The van der Waals surface area contributed by atoms with Gasteiger partial charge in [-0.15, -0.1) is 0 Å². The maximum absolute atomic E-state index is 11.3. The Kier molecular flexibility index (Phi) is 6.20. The summed E-state index contributed by atoms with van der Waals surface area (Å²) in [6.45, 7) is 1.10. The van der Waals surface area contributed by atoms with Gasteiger partial charge in [0.2, 0.25) is 0 Å². The number of hydrogen-bond acceptors (Lipinski definition) is 3. The molecule has 0 heterocycles. The van der Waals surface area contributed by atoms with E-state index in [1.54, 1.807) is 6.26 Å². The first kappa shape index (κ1) is 15.7. The predicted molar refractivity (Wildman–Crippen MR) is 83.1 cm³/mol.